The molecule has 6 aromatic rings. The number of fused-ring (bicyclic) bond motifs is 9. The molecule has 2 aliphatic rings. The van der Waals surface area contributed by atoms with Crippen LogP contribution in [-0.2, 0) is 6.42 Å². The summed E-state index contributed by atoms with van der Waals surface area (Å²) in [7, 11) is 0. The Balaban J connectivity index is 1.25. The smallest absolute Gasteiger partial charge is 0.00928 e. The summed E-state index contributed by atoms with van der Waals surface area (Å²) in [6, 6.07) is 33.6. The van der Waals surface area contributed by atoms with E-state index in [0.717, 1.165) is 25.7 Å². The Hall–Kier alpha value is -4.68. The topological polar surface area (TPSA) is 0 Å². The summed E-state index contributed by atoms with van der Waals surface area (Å²) in [4.78, 5) is 0. The minimum atomic E-state index is 1.08. The molecule has 0 fully saturated rings. The van der Waals surface area contributed by atoms with Gasteiger partial charge in [-0.3, -0.25) is 0 Å². The van der Waals surface area contributed by atoms with Crippen molar-refractivity contribution in [1.29, 1.82) is 0 Å². The third-order valence-electron chi connectivity index (χ3n) is 9.45. The first kappa shape index (κ1) is 24.1. The Kier molecular flexibility index (Phi) is 5.57. The lowest BCUT2D eigenvalue weighted by Gasteiger charge is -2.25. The molecular formula is C41H32. The van der Waals surface area contributed by atoms with Crippen molar-refractivity contribution in [3.63, 3.8) is 0 Å². The van der Waals surface area contributed by atoms with Crippen LogP contribution in [0.3, 0.4) is 0 Å². The van der Waals surface area contributed by atoms with Crippen molar-refractivity contribution in [3.05, 3.63) is 149 Å². The van der Waals surface area contributed by atoms with Gasteiger partial charge in [-0.25, -0.2) is 0 Å². The highest BCUT2D eigenvalue weighted by atomic mass is 14.3. The SMILES string of the molecule is C=Cc1c(C)c2c(c3ccccc13)C=C(C1=CC(c3ccc4c5ccccc5c5ccccc5c4c3)=CCC1)CC2. The first-order valence-electron chi connectivity index (χ1n) is 14.8. The average Bonchev–Trinajstić information content (AvgIpc) is 3.05. The molecule has 0 aromatic heterocycles. The third-order valence-corrected chi connectivity index (χ3v) is 9.45. The molecule has 0 N–H and O–H groups in total. The minimum absolute atomic E-state index is 1.08. The minimum Gasteiger partial charge on any atom is -0.0984 e. The zero-order valence-corrected chi connectivity index (χ0v) is 23.5. The molecule has 0 heteroatoms. The van der Waals surface area contributed by atoms with E-state index in [4.69, 9.17) is 0 Å². The van der Waals surface area contributed by atoms with Gasteiger partial charge in [0.1, 0.15) is 0 Å². The van der Waals surface area contributed by atoms with Gasteiger partial charge in [0.25, 0.3) is 0 Å². The zero-order chi connectivity index (χ0) is 27.5. The van der Waals surface area contributed by atoms with Crippen molar-refractivity contribution < 1.29 is 0 Å². The summed E-state index contributed by atoms with van der Waals surface area (Å²) < 4.78 is 0. The zero-order valence-electron chi connectivity index (χ0n) is 23.5. The number of hydrogen-bond acceptors (Lipinski definition) is 0. The predicted molar refractivity (Wildman–Crippen MR) is 179 cm³/mol. The largest absolute Gasteiger partial charge is 0.0984 e. The molecule has 6 aromatic carbocycles. The summed E-state index contributed by atoms with van der Waals surface area (Å²) in [6.45, 7) is 6.41. The summed E-state index contributed by atoms with van der Waals surface area (Å²) in [5, 5.41) is 10.6. The van der Waals surface area contributed by atoms with Crippen LogP contribution in [0.2, 0.25) is 0 Å². The number of hydrogen-bond donors (Lipinski definition) is 0. The van der Waals surface area contributed by atoms with Crippen LogP contribution in [0.4, 0.5) is 0 Å². The summed E-state index contributed by atoms with van der Waals surface area (Å²) >= 11 is 0. The van der Waals surface area contributed by atoms with Crippen molar-refractivity contribution in [2.75, 3.05) is 0 Å². The van der Waals surface area contributed by atoms with Crippen LogP contribution in [0, 0.1) is 6.92 Å². The van der Waals surface area contributed by atoms with Gasteiger partial charge in [0.15, 0.2) is 0 Å². The van der Waals surface area contributed by atoms with E-state index in [0.29, 0.717) is 0 Å². The predicted octanol–water partition coefficient (Wildman–Crippen LogP) is 11.4. The van der Waals surface area contributed by atoms with Gasteiger partial charge in [0, 0.05) is 0 Å². The van der Waals surface area contributed by atoms with Crippen LogP contribution in [0.25, 0.3) is 60.8 Å². The summed E-state index contributed by atoms with van der Waals surface area (Å²) in [6.07, 6.45) is 13.8. The van der Waals surface area contributed by atoms with Gasteiger partial charge < -0.3 is 0 Å². The molecule has 41 heavy (non-hydrogen) atoms. The second kappa shape index (κ2) is 9.46. The fourth-order valence-corrected chi connectivity index (χ4v) is 7.44. The van der Waals surface area contributed by atoms with Crippen LogP contribution >= 0.6 is 0 Å². The van der Waals surface area contributed by atoms with Crippen molar-refractivity contribution >= 4 is 60.8 Å². The molecule has 0 atom stereocenters. The van der Waals surface area contributed by atoms with Gasteiger partial charge in [-0.05, 0) is 126 Å². The van der Waals surface area contributed by atoms with Crippen LogP contribution in [0.5, 0.6) is 0 Å². The second-order valence-electron chi connectivity index (χ2n) is 11.6. The molecule has 0 radical (unpaired) electrons. The fraction of sp³-hybridized carbons (Fsp3) is 0.122. The monoisotopic (exact) mass is 524 g/mol. The van der Waals surface area contributed by atoms with Gasteiger partial charge in [0.05, 0.1) is 0 Å². The molecular weight excluding hydrogens is 492 g/mol. The molecule has 0 saturated heterocycles. The van der Waals surface area contributed by atoms with E-state index in [1.807, 2.05) is 6.08 Å². The van der Waals surface area contributed by atoms with Crippen LogP contribution in [-0.4, -0.2) is 0 Å². The molecule has 0 saturated carbocycles. The second-order valence-corrected chi connectivity index (χ2v) is 11.6. The number of rotatable bonds is 3. The Morgan fingerprint density at radius 2 is 1.17 bits per heavy atom. The summed E-state index contributed by atoms with van der Waals surface area (Å²) in [5.74, 6) is 0. The van der Waals surface area contributed by atoms with E-state index in [-0.39, 0.29) is 0 Å². The molecule has 0 nitrogen and oxygen atoms in total. The number of allylic oxidation sites excluding steroid dienone is 5. The first-order chi connectivity index (χ1) is 20.2. The van der Waals surface area contributed by atoms with Gasteiger partial charge >= 0.3 is 0 Å². The molecule has 0 unspecified atom stereocenters. The van der Waals surface area contributed by atoms with Crippen molar-refractivity contribution in [3.8, 4) is 0 Å². The van der Waals surface area contributed by atoms with Crippen LogP contribution in [0.15, 0.2) is 121 Å². The first-order valence-corrected chi connectivity index (χ1v) is 14.8. The Labute approximate surface area is 241 Å². The van der Waals surface area contributed by atoms with Gasteiger partial charge in [-0.2, -0.15) is 0 Å². The highest BCUT2D eigenvalue weighted by Gasteiger charge is 2.21. The maximum Gasteiger partial charge on any atom is -0.00928 e. The van der Waals surface area contributed by atoms with Crippen molar-refractivity contribution in [2.24, 2.45) is 0 Å². The molecule has 196 valence electrons. The molecule has 0 bridgehead atoms. The lowest BCUT2D eigenvalue weighted by atomic mass is 9.79. The molecule has 2 aliphatic carbocycles. The highest BCUT2D eigenvalue weighted by Crippen LogP contribution is 2.41. The van der Waals surface area contributed by atoms with Gasteiger partial charge in [-0.1, -0.05) is 116 Å². The lowest BCUT2D eigenvalue weighted by Crippen LogP contribution is -2.07. The third kappa shape index (κ3) is 3.75. The van der Waals surface area contributed by atoms with Crippen molar-refractivity contribution in [2.45, 2.75) is 32.6 Å². The Morgan fingerprint density at radius 1 is 0.585 bits per heavy atom. The van der Waals surface area contributed by atoms with Gasteiger partial charge in [0.2, 0.25) is 0 Å². The molecule has 0 heterocycles. The van der Waals surface area contributed by atoms with E-state index < -0.39 is 0 Å². The molecule has 0 aliphatic heterocycles. The average molecular weight is 525 g/mol. The Morgan fingerprint density at radius 3 is 1.85 bits per heavy atom. The van der Waals surface area contributed by atoms with Crippen LogP contribution < -0.4 is 0 Å². The lowest BCUT2D eigenvalue weighted by molar-refractivity contribution is 0.882. The van der Waals surface area contributed by atoms with Gasteiger partial charge in [-0.15, -0.1) is 0 Å². The molecule has 8 rings (SSSR count). The van der Waals surface area contributed by atoms with E-state index in [9.17, 15) is 0 Å². The normalized spacial score (nSPS) is 15.1. The maximum atomic E-state index is 4.14. The van der Waals surface area contributed by atoms with E-state index >= 15 is 0 Å². The molecule has 0 spiro atoms. The van der Waals surface area contributed by atoms with E-state index in [1.54, 1.807) is 0 Å². The Bertz CT molecular complexity index is 2130. The van der Waals surface area contributed by atoms with E-state index in [2.05, 4.69) is 123 Å². The summed E-state index contributed by atoms with van der Waals surface area (Å²) in [5.41, 5.74) is 11.2. The standard InChI is InChI=1S/C41H32/c1-3-31-26(2)32-21-19-29(24-40(32)37-17-8-4-13-33(31)37)27-11-10-12-28(23-27)30-20-22-39-36-16-6-5-14-34(36)35-15-7-9-18-38(35)41(39)25-30/h3-9,12-18,20,22-25H,1,10-11,19,21H2,2H3. The highest BCUT2D eigenvalue weighted by molar-refractivity contribution is 6.25. The van der Waals surface area contributed by atoms with Crippen molar-refractivity contribution in [1.82, 2.24) is 0 Å². The van der Waals surface area contributed by atoms with Crippen LogP contribution in [0.1, 0.15) is 47.1 Å². The fourth-order valence-electron chi connectivity index (χ4n) is 7.44. The van der Waals surface area contributed by atoms with E-state index in [1.165, 1.54) is 87.6 Å². The molecule has 0 amide bonds. The number of benzene rings is 6. The maximum absolute atomic E-state index is 4.14. The quantitative estimate of drug-likeness (QED) is 0.202.